The van der Waals surface area contributed by atoms with Gasteiger partial charge in [0.25, 0.3) is 0 Å². The molecule has 100 valence electrons. The average molecular weight is 271 g/mol. The number of aryl methyl sites for hydroxylation is 2. The number of carbonyl (C=O) groups excluding carboxylic acids is 1. The van der Waals surface area contributed by atoms with Crippen molar-refractivity contribution in [3.63, 3.8) is 0 Å². The Morgan fingerprint density at radius 2 is 1.72 bits per heavy atom. The zero-order valence-corrected chi connectivity index (χ0v) is 11.7. The first-order valence-corrected chi connectivity index (χ1v) is 7.21. The minimum Gasteiger partial charge on any atom is -0.468 e. The number of nitrogens with zero attached hydrogens (tertiary/aromatic N) is 1. The zero-order chi connectivity index (χ0) is 13.9. The van der Waals surface area contributed by atoms with Crippen LogP contribution in [-0.4, -0.2) is 34.3 Å². The lowest BCUT2D eigenvalue weighted by molar-refractivity contribution is -0.138. The van der Waals surface area contributed by atoms with Gasteiger partial charge in [-0.05, 0) is 37.1 Å². The van der Waals surface area contributed by atoms with Gasteiger partial charge in [-0.25, -0.2) is 8.42 Å². The largest absolute Gasteiger partial charge is 0.468 e. The van der Waals surface area contributed by atoms with Crippen LogP contribution in [0.2, 0.25) is 0 Å². The third-order valence-corrected chi connectivity index (χ3v) is 3.54. The van der Waals surface area contributed by atoms with Crippen molar-refractivity contribution in [2.24, 2.45) is 0 Å². The van der Waals surface area contributed by atoms with E-state index in [1.54, 1.807) is 12.1 Å². The second-order valence-electron chi connectivity index (χ2n) is 4.19. The maximum Gasteiger partial charge on any atom is 0.326 e. The van der Waals surface area contributed by atoms with Crippen molar-refractivity contribution < 1.29 is 17.9 Å². The van der Waals surface area contributed by atoms with Gasteiger partial charge in [0.05, 0.1) is 19.1 Å². The fourth-order valence-electron chi connectivity index (χ4n) is 1.68. The molecule has 0 radical (unpaired) electrons. The summed E-state index contributed by atoms with van der Waals surface area (Å²) in [4.78, 5) is 11.3. The number of methoxy groups -OCH3 is 1. The lowest BCUT2D eigenvalue weighted by Crippen LogP contribution is -2.35. The minimum atomic E-state index is -3.52. The maximum absolute atomic E-state index is 11.7. The lowest BCUT2D eigenvalue weighted by atomic mass is 10.1. The van der Waals surface area contributed by atoms with Gasteiger partial charge >= 0.3 is 5.97 Å². The van der Waals surface area contributed by atoms with Crippen molar-refractivity contribution in [3.05, 3.63) is 29.3 Å². The third kappa shape index (κ3) is 3.73. The van der Waals surface area contributed by atoms with Crippen LogP contribution in [0, 0.1) is 13.8 Å². The number of sulfonamides is 1. The van der Waals surface area contributed by atoms with Crippen LogP contribution in [-0.2, 0) is 19.6 Å². The highest BCUT2D eigenvalue weighted by molar-refractivity contribution is 7.92. The van der Waals surface area contributed by atoms with Gasteiger partial charge in [-0.15, -0.1) is 0 Å². The van der Waals surface area contributed by atoms with E-state index in [2.05, 4.69) is 4.74 Å². The smallest absolute Gasteiger partial charge is 0.326 e. The number of carbonyl (C=O) groups is 1. The van der Waals surface area contributed by atoms with Crippen molar-refractivity contribution in [2.75, 3.05) is 24.2 Å². The van der Waals surface area contributed by atoms with Gasteiger partial charge in [-0.3, -0.25) is 9.10 Å². The van der Waals surface area contributed by atoms with E-state index in [0.717, 1.165) is 21.7 Å². The number of hydrogen-bond acceptors (Lipinski definition) is 4. The molecule has 0 heterocycles. The number of hydrogen-bond donors (Lipinski definition) is 0. The molecule has 0 aromatic heterocycles. The molecule has 0 aliphatic heterocycles. The predicted molar refractivity (Wildman–Crippen MR) is 70.1 cm³/mol. The fourth-order valence-corrected chi connectivity index (χ4v) is 2.50. The van der Waals surface area contributed by atoms with E-state index in [1.807, 2.05) is 19.9 Å². The van der Waals surface area contributed by atoms with Crippen molar-refractivity contribution in [1.82, 2.24) is 0 Å². The molecule has 0 unspecified atom stereocenters. The van der Waals surface area contributed by atoms with Crippen LogP contribution >= 0.6 is 0 Å². The first-order chi connectivity index (χ1) is 8.24. The number of rotatable bonds is 4. The van der Waals surface area contributed by atoms with E-state index in [1.165, 1.54) is 7.11 Å². The van der Waals surface area contributed by atoms with Crippen molar-refractivity contribution >= 4 is 21.7 Å². The van der Waals surface area contributed by atoms with Crippen LogP contribution in [0.25, 0.3) is 0 Å². The van der Waals surface area contributed by atoms with Crippen LogP contribution in [0.1, 0.15) is 11.1 Å². The number of ether oxygens (including phenoxy) is 1. The highest BCUT2D eigenvalue weighted by Crippen LogP contribution is 2.21. The molecule has 0 aliphatic rings. The summed E-state index contributed by atoms with van der Waals surface area (Å²) in [5.41, 5.74) is 2.34. The predicted octanol–water partition coefficient (Wildman–Crippen LogP) is 1.24. The summed E-state index contributed by atoms with van der Waals surface area (Å²) in [6, 6.07) is 5.37. The van der Waals surface area contributed by atoms with Crippen LogP contribution in [0.4, 0.5) is 5.69 Å². The van der Waals surface area contributed by atoms with E-state index in [4.69, 9.17) is 0 Å². The van der Waals surface area contributed by atoms with E-state index in [0.29, 0.717) is 5.69 Å². The first kappa shape index (κ1) is 14.5. The average Bonchev–Trinajstić information content (AvgIpc) is 2.22. The summed E-state index contributed by atoms with van der Waals surface area (Å²) >= 11 is 0. The van der Waals surface area contributed by atoms with Crippen LogP contribution in [0.5, 0.6) is 0 Å². The summed E-state index contributed by atoms with van der Waals surface area (Å²) < 4.78 is 29.0. The second kappa shape index (κ2) is 5.39. The molecule has 0 amide bonds. The van der Waals surface area contributed by atoms with Gasteiger partial charge < -0.3 is 4.74 Å². The molecule has 0 atom stereocenters. The van der Waals surface area contributed by atoms with Gasteiger partial charge in [0.15, 0.2) is 0 Å². The molecule has 0 aliphatic carbocycles. The lowest BCUT2D eigenvalue weighted by Gasteiger charge is -2.21. The summed E-state index contributed by atoms with van der Waals surface area (Å²) in [5, 5.41) is 0. The quantitative estimate of drug-likeness (QED) is 0.773. The number of benzene rings is 1. The van der Waals surface area contributed by atoms with Crippen molar-refractivity contribution in [1.29, 1.82) is 0 Å². The highest BCUT2D eigenvalue weighted by atomic mass is 32.2. The maximum atomic E-state index is 11.7. The normalized spacial score (nSPS) is 11.1. The van der Waals surface area contributed by atoms with Gasteiger partial charge in [0, 0.05) is 0 Å². The second-order valence-corrected chi connectivity index (χ2v) is 6.10. The molecule has 6 heteroatoms. The number of esters is 1. The molecular weight excluding hydrogens is 254 g/mol. The van der Waals surface area contributed by atoms with Crippen LogP contribution in [0.15, 0.2) is 18.2 Å². The molecule has 0 N–H and O–H groups in total. The molecule has 1 aromatic rings. The monoisotopic (exact) mass is 271 g/mol. The molecule has 0 saturated heterocycles. The Bertz CT molecular complexity index is 531. The topological polar surface area (TPSA) is 63.7 Å². The Hall–Kier alpha value is -1.56. The molecule has 1 rings (SSSR count). The van der Waals surface area contributed by atoms with Crippen molar-refractivity contribution in [3.8, 4) is 0 Å². The Kier molecular flexibility index (Phi) is 4.34. The molecule has 5 nitrogen and oxygen atoms in total. The minimum absolute atomic E-state index is 0.321. The summed E-state index contributed by atoms with van der Waals surface area (Å²) in [5.74, 6) is -0.598. The highest BCUT2D eigenvalue weighted by Gasteiger charge is 2.21. The van der Waals surface area contributed by atoms with Gasteiger partial charge in [0.2, 0.25) is 10.0 Å². The summed E-state index contributed by atoms with van der Waals surface area (Å²) in [6.07, 6.45) is 1.06. The molecule has 0 spiro atoms. The molecule has 0 fully saturated rings. The SMILES string of the molecule is COC(=O)CN(c1cc(C)cc(C)c1)S(C)(=O)=O. The Morgan fingerprint density at radius 1 is 1.22 bits per heavy atom. The summed E-state index contributed by atoms with van der Waals surface area (Å²) in [7, 11) is -2.30. The zero-order valence-electron chi connectivity index (χ0n) is 10.9. The Morgan fingerprint density at radius 3 is 2.11 bits per heavy atom. The van der Waals surface area contributed by atoms with Crippen molar-refractivity contribution in [2.45, 2.75) is 13.8 Å². The van der Waals surface area contributed by atoms with Crippen LogP contribution in [0.3, 0.4) is 0 Å². The van der Waals surface area contributed by atoms with E-state index >= 15 is 0 Å². The van der Waals surface area contributed by atoms with E-state index < -0.39 is 16.0 Å². The van der Waals surface area contributed by atoms with E-state index in [-0.39, 0.29) is 6.54 Å². The number of anilines is 1. The molecule has 1 aromatic carbocycles. The van der Waals surface area contributed by atoms with Gasteiger partial charge in [0.1, 0.15) is 6.54 Å². The third-order valence-electron chi connectivity index (χ3n) is 2.40. The van der Waals surface area contributed by atoms with Gasteiger partial charge in [-0.2, -0.15) is 0 Å². The standard InChI is InChI=1S/C12H17NO4S/c1-9-5-10(2)7-11(6-9)13(18(4,15)16)8-12(14)17-3/h5-7H,8H2,1-4H3. The molecule has 0 saturated carbocycles. The van der Waals surface area contributed by atoms with E-state index in [9.17, 15) is 13.2 Å². The molecule has 18 heavy (non-hydrogen) atoms. The molecule has 0 bridgehead atoms. The summed E-state index contributed by atoms with van der Waals surface area (Å²) in [6.45, 7) is 3.42. The fraction of sp³-hybridized carbons (Fsp3) is 0.417. The first-order valence-electron chi connectivity index (χ1n) is 5.37. The Balaban J connectivity index is 3.22. The molecular formula is C12H17NO4S. The Labute approximate surface area is 107 Å². The van der Waals surface area contributed by atoms with Gasteiger partial charge in [-0.1, -0.05) is 6.07 Å². The van der Waals surface area contributed by atoms with Crippen LogP contribution < -0.4 is 4.31 Å².